The van der Waals surface area contributed by atoms with Crippen molar-refractivity contribution < 1.29 is 9.90 Å². The first-order chi connectivity index (χ1) is 7.63. The van der Waals surface area contributed by atoms with Crippen molar-refractivity contribution in [2.45, 2.75) is 25.8 Å². The number of hydrogen-bond donors (Lipinski definition) is 1. The summed E-state index contributed by atoms with van der Waals surface area (Å²) in [7, 11) is 0. The van der Waals surface area contributed by atoms with E-state index in [1.807, 2.05) is 25.1 Å². The summed E-state index contributed by atoms with van der Waals surface area (Å²) in [5.74, 6) is 0.0979. The highest BCUT2D eigenvalue weighted by Crippen LogP contribution is 2.29. The maximum atomic E-state index is 11.7. The Labute approximate surface area is 103 Å². The maximum Gasteiger partial charge on any atom is 0.227 e. The van der Waals surface area contributed by atoms with E-state index in [4.69, 9.17) is 0 Å². The quantitative estimate of drug-likeness (QED) is 0.904. The molecule has 4 heteroatoms. The van der Waals surface area contributed by atoms with Crippen LogP contribution in [-0.2, 0) is 4.79 Å². The van der Waals surface area contributed by atoms with E-state index in [1.54, 1.807) is 4.90 Å². The van der Waals surface area contributed by atoms with Crippen molar-refractivity contribution in [3.8, 4) is 0 Å². The van der Waals surface area contributed by atoms with E-state index in [-0.39, 0.29) is 18.6 Å². The van der Waals surface area contributed by atoms with Crippen LogP contribution in [-0.4, -0.2) is 23.7 Å². The lowest BCUT2D eigenvalue weighted by Crippen LogP contribution is -2.35. The zero-order chi connectivity index (χ0) is 11.7. The monoisotopic (exact) mass is 283 g/mol. The Morgan fingerprint density at radius 1 is 1.56 bits per heavy atom. The van der Waals surface area contributed by atoms with Crippen molar-refractivity contribution in [1.29, 1.82) is 0 Å². The summed E-state index contributed by atoms with van der Waals surface area (Å²) in [6.45, 7) is 2.02. The van der Waals surface area contributed by atoms with Crippen LogP contribution in [0.1, 0.15) is 18.4 Å². The van der Waals surface area contributed by atoms with Crippen LogP contribution in [0, 0.1) is 6.92 Å². The van der Waals surface area contributed by atoms with Crippen LogP contribution >= 0.6 is 15.9 Å². The largest absolute Gasteiger partial charge is 0.394 e. The fourth-order valence-corrected chi connectivity index (χ4v) is 2.30. The van der Waals surface area contributed by atoms with Gasteiger partial charge in [-0.05, 0) is 37.1 Å². The molecule has 0 aromatic heterocycles. The summed E-state index contributed by atoms with van der Waals surface area (Å²) in [6.07, 6.45) is 1.27. The molecule has 1 saturated heterocycles. The Morgan fingerprint density at radius 3 is 2.94 bits per heavy atom. The van der Waals surface area contributed by atoms with E-state index < -0.39 is 0 Å². The predicted molar refractivity (Wildman–Crippen MR) is 66.5 cm³/mol. The Balaban J connectivity index is 2.35. The van der Waals surface area contributed by atoms with Gasteiger partial charge in [0.1, 0.15) is 0 Å². The summed E-state index contributed by atoms with van der Waals surface area (Å²) >= 11 is 3.43. The zero-order valence-corrected chi connectivity index (χ0v) is 10.7. The molecule has 16 heavy (non-hydrogen) atoms. The van der Waals surface area contributed by atoms with Crippen LogP contribution in [0.5, 0.6) is 0 Å². The van der Waals surface area contributed by atoms with Crippen molar-refractivity contribution in [3.05, 3.63) is 28.2 Å². The Morgan fingerprint density at radius 2 is 2.31 bits per heavy atom. The first-order valence-corrected chi connectivity index (χ1v) is 6.12. The molecule has 0 spiro atoms. The molecule has 1 heterocycles. The molecule has 1 amide bonds. The summed E-state index contributed by atoms with van der Waals surface area (Å²) < 4.78 is 1.03. The smallest absolute Gasteiger partial charge is 0.227 e. The lowest BCUT2D eigenvalue weighted by Gasteiger charge is -2.23. The number of hydrogen-bond acceptors (Lipinski definition) is 2. The van der Waals surface area contributed by atoms with Crippen LogP contribution < -0.4 is 4.90 Å². The molecule has 0 unspecified atom stereocenters. The number of rotatable bonds is 2. The Hall–Kier alpha value is -0.870. The number of halogens is 1. The van der Waals surface area contributed by atoms with E-state index in [2.05, 4.69) is 15.9 Å². The molecule has 1 fully saturated rings. The summed E-state index contributed by atoms with van der Waals surface area (Å²) in [5, 5.41) is 9.24. The average Bonchev–Trinajstić information content (AvgIpc) is 2.64. The lowest BCUT2D eigenvalue weighted by atomic mass is 10.2. The molecule has 1 aliphatic rings. The van der Waals surface area contributed by atoms with E-state index in [0.717, 1.165) is 22.1 Å². The number of aliphatic hydroxyl groups excluding tert-OH is 1. The average molecular weight is 284 g/mol. The minimum atomic E-state index is -0.0620. The summed E-state index contributed by atoms with van der Waals surface area (Å²) in [5.41, 5.74) is 1.97. The van der Waals surface area contributed by atoms with Gasteiger partial charge >= 0.3 is 0 Å². The van der Waals surface area contributed by atoms with Gasteiger partial charge in [0, 0.05) is 16.6 Å². The van der Waals surface area contributed by atoms with Crippen LogP contribution in [0.25, 0.3) is 0 Å². The molecule has 1 atom stereocenters. The molecule has 0 aliphatic carbocycles. The van der Waals surface area contributed by atoms with Gasteiger partial charge in [-0.2, -0.15) is 0 Å². The lowest BCUT2D eigenvalue weighted by molar-refractivity contribution is -0.117. The molecule has 3 nitrogen and oxygen atoms in total. The molecule has 0 saturated carbocycles. The number of aliphatic hydroxyl groups is 1. The topological polar surface area (TPSA) is 40.5 Å². The van der Waals surface area contributed by atoms with Crippen molar-refractivity contribution in [2.24, 2.45) is 0 Å². The van der Waals surface area contributed by atoms with E-state index in [1.165, 1.54) is 0 Å². The van der Waals surface area contributed by atoms with Crippen molar-refractivity contribution in [2.75, 3.05) is 11.5 Å². The fourth-order valence-electron chi connectivity index (χ4n) is 2.05. The minimum absolute atomic E-state index is 0.0286. The SMILES string of the molecule is Cc1cc(N2C(=O)CC[C@@H]2CO)ccc1Br. The number of benzene rings is 1. The molecule has 2 rings (SSSR count). The molecular weight excluding hydrogens is 270 g/mol. The number of carbonyl (C=O) groups excluding carboxylic acids is 1. The van der Waals surface area contributed by atoms with Gasteiger partial charge in [-0.25, -0.2) is 0 Å². The van der Waals surface area contributed by atoms with Gasteiger partial charge in [-0.1, -0.05) is 15.9 Å². The normalized spacial score (nSPS) is 20.6. The first kappa shape index (κ1) is 11.6. The first-order valence-electron chi connectivity index (χ1n) is 5.32. The van der Waals surface area contributed by atoms with Gasteiger partial charge in [0.2, 0.25) is 5.91 Å². The van der Waals surface area contributed by atoms with E-state index in [9.17, 15) is 9.90 Å². The second kappa shape index (κ2) is 4.55. The third-order valence-corrected chi connectivity index (χ3v) is 3.85. The number of anilines is 1. The van der Waals surface area contributed by atoms with Gasteiger partial charge in [-0.3, -0.25) is 4.79 Å². The van der Waals surface area contributed by atoms with Crippen LogP contribution in [0.4, 0.5) is 5.69 Å². The molecular formula is C12H14BrNO2. The van der Waals surface area contributed by atoms with Crippen LogP contribution in [0.3, 0.4) is 0 Å². The molecule has 86 valence electrons. The molecule has 1 aromatic rings. The van der Waals surface area contributed by atoms with E-state index >= 15 is 0 Å². The van der Waals surface area contributed by atoms with Gasteiger partial charge in [0.25, 0.3) is 0 Å². The Kier molecular flexibility index (Phi) is 3.30. The van der Waals surface area contributed by atoms with Crippen molar-refractivity contribution in [3.63, 3.8) is 0 Å². The third-order valence-electron chi connectivity index (χ3n) is 2.96. The van der Waals surface area contributed by atoms with Gasteiger partial charge in [0.05, 0.1) is 12.6 Å². The maximum absolute atomic E-state index is 11.7. The van der Waals surface area contributed by atoms with E-state index in [0.29, 0.717) is 6.42 Å². The van der Waals surface area contributed by atoms with Crippen LogP contribution in [0.15, 0.2) is 22.7 Å². The second-order valence-electron chi connectivity index (χ2n) is 4.07. The highest BCUT2D eigenvalue weighted by atomic mass is 79.9. The highest BCUT2D eigenvalue weighted by Gasteiger charge is 2.31. The van der Waals surface area contributed by atoms with Crippen molar-refractivity contribution in [1.82, 2.24) is 0 Å². The fraction of sp³-hybridized carbons (Fsp3) is 0.417. The molecule has 0 radical (unpaired) electrons. The summed E-state index contributed by atoms with van der Waals surface area (Å²) in [6, 6.07) is 5.75. The standard InChI is InChI=1S/C12H14BrNO2/c1-8-6-9(2-4-11(8)13)14-10(7-15)3-5-12(14)16/h2,4,6,10,15H,3,5,7H2,1H3/t10-/m1/s1. The molecule has 1 aromatic carbocycles. The minimum Gasteiger partial charge on any atom is -0.394 e. The van der Waals surface area contributed by atoms with Gasteiger partial charge < -0.3 is 10.0 Å². The number of carbonyl (C=O) groups is 1. The zero-order valence-electron chi connectivity index (χ0n) is 9.11. The van der Waals surface area contributed by atoms with Crippen molar-refractivity contribution >= 4 is 27.5 Å². The van der Waals surface area contributed by atoms with Gasteiger partial charge in [-0.15, -0.1) is 0 Å². The number of aryl methyl sites for hydroxylation is 1. The Bertz CT molecular complexity index is 419. The predicted octanol–water partition coefficient (Wildman–Crippen LogP) is 2.25. The number of amides is 1. The molecule has 1 aliphatic heterocycles. The van der Waals surface area contributed by atoms with Crippen LogP contribution in [0.2, 0.25) is 0 Å². The third kappa shape index (κ3) is 1.99. The molecule has 1 N–H and O–H groups in total. The summed E-state index contributed by atoms with van der Waals surface area (Å²) in [4.78, 5) is 13.5. The number of nitrogens with zero attached hydrogens (tertiary/aromatic N) is 1. The molecule has 0 bridgehead atoms. The highest BCUT2D eigenvalue weighted by molar-refractivity contribution is 9.10. The second-order valence-corrected chi connectivity index (χ2v) is 4.93. The van der Waals surface area contributed by atoms with Gasteiger partial charge in [0.15, 0.2) is 0 Å².